The minimum absolute atomic E-state index is 0.000298. The van der Waals surface area contributed by atoms with Crippen molar-refractivity contribution in [2.24, 2.45) is 0 Å². The molecule has 0 aromatic carbocycles. The molecular weight excluding hydrogens is 385 g/mol. The molecule has 1 aliphatic heterocycles. The molecule has 1 aliphatic rings. The number of phosphoric ester groups is 1. The lowest BCUT2D eigenvalue weighted by molar-refractivity contribution is -0.0641. The van der Waals surface area contributed by atoms with Crippen LogP contribution in [-0.4, -0.2) is 65.9 Å². The van der Waals surface area contributed by atoms with Crippen molar-refractivity contribution in [3.05, 3.63) is 29.3 Å². The van der Waals surface area contributed by atoms with Crippen molar-refractivity contribution in [3.63, 3.8) is 0 Å². The molecule has 148 valence electrons. The third-order valence-corrected chi connectivity index (χ3v) is 4.34. The van der Waals surface area contributed by atoms with Gasteiger partial charge >= 0.3 is 7.82 Å². The van der Waals surface area contributed by atoms with Gasteiger partial charge in [0.05, 0.1) is 19.5 Å². The Kier molecular flexibility index (Phi) is 5.44. The normalized spacial score (nSPS) is 25.9. The predicted molar refractivity (Wildman–Crippen MR) is 90.4 cm³/mol. The van der Waals surface area contributed by atoms with Crippen LogP contribution in [-0.2, 0) is 18.6 Å². The fraction of sp³-hybridized carbons (Fsp3) is 0.462. The molecule has 14 heteroatoms. The van der Waals surface area contributed by atoms with E-state index >= 15 is 0 Å². The van der Waals surface area contributed by atoms with Gasteiger partial charge < -0.3 is 30.1 Å². The Morgan fingerprint density at radius 2 is 2.26 bits per heavy atom. The molecule has 0 saturated carbocycles. The Morgan fingerprint density at radius 1 is 1.52 bits per heavy atom. The van der Waals surface area contributed by atoms with Crippen LogP contribution in [0.25, 0.3) is 11.2 Å². The van der Waals surface area contributed by atoms with Crippen LogP contribution in [0.1, 0.15) is 6.23 Å². The van der Waals surface area contributed by atoms with Gasteiger partial charge in [-0.3, -0.25) is 18.9 Å². The summed E-state index contributed by atoms with van der Waals surface area (Å²) in [6.07, 6.45) is -1.68. The maximum absolute atomic E-state index is 11.9. The molecule has 0 unspecified atom stereocenters. The van der Waals surface area contributed by atoms with E-state index in [1.807, 2.05) is 0 Å². The number of nitrogens with zero attached hydrogens (tertiary/aromatic N) is 3. The van der Waals surface area contributed by atoms with Crippen molar-refractivity contribution in [2.45, 2.75) is 24.5 Å². The molecule has 1 fully saturated rings. The highest BCUT2D eigenvalue weighted by Gasteiger charge is 2.46. The van der Waals surface area contributed by atoms with Crippen molar-refractivity contribution in [2.75, 3.05) is 18.9 Å². The topological polar surface area (TPSA) is 195 Å². The molecule has 6 N–H and O–H groups in total. The number of aromatic nitrogens is 4. The van der Waals surface area contributed by atoms with Crippen molar-refractivity contribution in [3.8, 4) is 0 Å². The summed E-state index contributed by atoms with van der Waals surface area (Å²) in [7, 11) is -4.76. The molecule has 13 nitrogen and oxygen atoms in total. The van der Waals surface area contributed by atoms with Crippen molar-refractivity contribution in [1.82, 2.24) is 19.5 Å². The zero-order chi connectivity index (χ0) is 19.8. The molecule has 4 atom stereocenters. The van der Waals surface area contributed by atoms with E-state index in [9.17, 15) is 14.5 Å². The molecular formula is C13H18N5O8P. The second-order valence-electron chi connectivity index (χ2n) is 5.70. The number of nitrogen functional groups attached to an aromatic ring is 1. The van der Waals surface area contributed by atoms with Gasteiger partial charge in [0.1, 0.15) is 18.3 Å². The fourth-order valence-corrected chi connectivity index (χ4v) is 3.08. The molecule has 0 aliphatic carbocycles. The number of hydrogen-bond acceptors (Lipinski definition) is 9. The number of phosphoric acid groups is 1. The Balaban J connectivity index is 1.95. The zero-order valence-electron chi connectivity index (χ0n) is 13.8. The van der Waals surface area contributed by atoms with E-state index < -0.39 is 44.5 Å². The molecule has 0 radical (unpaired) electrons. The quantitative estimate of drug-likeness (QED) is 0.270. The highest BCUT2D eigenvalue weighted by molar-refractivity contribution is 7.46. The molecule has 0 spiro atoms. The van der Waals surface area contributed by atoms with Gasteiger partial charge in [0.25, 0.3) is 5.56 Å². The number of H-pyrrole nitrogens is 1. The third kappa shape index (κ3) is 4.09. The maximum Gasteiger partial charge on any atom is 0.469 e. The molecule has 2 aromatic rings. The second kappa shape index (κ2) is 7.48. The monoisotopic (exact) mass is 403 g/mol. The summed E-state index contributed by atoms with van der Waals surface area (Å²) in [6, 6.07) is 0. The number of hydrogen-bond donors (Lipinski definition) is 5. The first kappa shape index (κ1) is 19.6. The van der Waals surface area contributed by atoms with E-state index in [0.29, 0.717) is 0 Å². The van der Waals surface area contributed by atoms with Gasteiger partial charge in [0.15, 0.2) is 17.4 Å². The summed E-state index contributed by atoms with van der Waals surface area (Å²) in [5, 5.41) is 10.5. The minimum atomic E-state index is -4.76. The van der Waals surface area contributed by atoms with E-state index in [1.165, 1.54) is 17.0 Å². The van der Waals surface area contributed by atoms with E-state index in [-0.39, 0.29) is 23.7 Å². The van der Waals surface area contributed by atoms with Gasteiger partial charge in [-0.15, -0.1) is 6.58 Å². The SMILES string of the molecule is C=CCO[C@@H]1[C@H](O)[C@@H](COP(=O)(O)O)O[C@H]1n1cnc2c(=O)[nH]c(N)nc21. The van der Waals surface area contributed by atoms with Crippen LogP contribution in [0, 0.1) is 0 Å². The second-order valence-corrected chi connectivity index (χ2v) is 6.94. The number of aromatic amines is 1. The van der Waals surface area contributed by atoms with Crippen LogP contribution in [0.2, 0.25) is 0 Å². The van der Waals surface area contributed by atoms with Gasteiger partial charge in [-0.25, -0.2) is 9.55 Å². The Morgan fingerprint density at radius 3 is 2.93 bits per heavy atom. The van der Waals surface area contributed by atoms with Crippen LogP contribution >= 0.6 is 7.82 Å². The first-order chi connectivity index (χ1) is 12.7. The van der Waals surface area contributed by atoms with Gasteiger partial charge in [0, 0.05) is 0 Å². The smallest absolute Gasteiger partial charge is 0.387 e. The fourth-order valence-electron chi connectivity index (χ4n) is 2.74. The first-order valence-corrected chi connectivity index (χ1v) is 9.22. The number of anilines is 1. The standard InChI is InChI=1S/C13H18N5O8P/c1-2-3-24-9-8(19)6(4-25-27(21,22)23)26-12(9)18-5-15-7-10(18)16-13(14)17-11(7)20/h2,5-6,8-9,12,19H,1,3-4H2,(H2,21,22,23)(H3,14,16,17,20)/t6-,8-,9-,12-/m1/s1. The van der Waals surface area contributed by atoms with Crippen LogP contribution in [0.15, 0.2) is 23.8 Å². The molecule has 3 heterocycles. The number of imidazole rings is 1. The third-order valence-electron chi connectivity index (χ3n) is 3.85. The van der Waals surface area contributed by atoms with Crippen molar-refractivity contribution >= 4 is 24.9 Å². The van der Waals surface area contributed by atoms with Gasteiger partial charge in [-0.2, -0.15) is 4.98 Å². The van der Waals surface area contributed by atoms with E-state index in [0.717, 1.165) is 0 Å². The number of rotatable bonds is 7. The summed E-state index contributed by atoms with van der Waals surface area (Å²) in [4.78, 5) is 39.9. The summed E-state index contributed by atoms with van der Waals surface area (Å²) in [5.41, 5.74) is 5.11. The molecule has 27 heavy (non-hydrogen) atoms. The first-order valence-electron chi connectivity index (χ1n) is 7.69. The van der Waals surface area contributed by atoms with E-state index in [1.54, 1.807) is 0 Å². The lowest BCUT2D eigenvalue weighted by Gasteiger charge is -2.21. The van der Waals surface area contributed by atoms with Crippen LogP contribution in [0.5, 0.6) is 0 Å². The van der Waals surface area contributed by atoms with E-state index in [2.05, 4.69) is 26.1 Å². The minimum Gasteiger partial charge on any atom is -0.387 e. The van der Waals surface area contributed by atoms with Gasteiger partial charge in [-0.1, -0.05) is 6.08 Å². The number of aliphatic hydroxyl groups excluding tert-OH is 1. The highest BCUT2D eigenvalue weighted by atomic mass is 31.2. The summed E-state index contributed by atoms with van der Waals surface area (Å²) < 4.78 is 27.9. The zero-order valence-corrected chi connectivity index (χ0v) is 14.7. The molecule has 3 rings (SSSR count). The lowest BCUT2D eigenvalue weighted by Crippen LogP contribution is -2.36. The molecule has 2 aromatic heterocycles. The Bertz CT molecular complexity index is 938. The number of fused-ring (bicyclic) bond motifs is 1. The van der Waals surface area contributed by atoms with Crippen LogP contribution in [0.3, 0.4) is 0 Å². The maximum atomic E-state index is 11.9. The largest absolute Gasteiger partial charge is 0.469 e. The number of ether oxygens (including phenoxy) is 2. The predicted octanol–water partition coefficient (Wildman–Crippen LogP) is -1.36. The van der Waals surface area contributed by atoms with E-state index in [4.69, 9.17) is 25.0 Å². The summed E-state index contributed by atoms with van der Waals surface area (Å²) in [5.74, 6) is -0.141. The lowest BCUT2D eigenvalue weighted by atomic mass is 10.1. The summed E-state index contributed by atoms with van der Waals surface area (Å²) >= 11 is 0. The highest BCUT2D eigenvalue weighted by Crippen LogP contribution is 2.39. The van der Waals surface area contributed by atoms with Gasteiger partial charge in [0.2, 0.25) is 5.95 Å². The average molecular weight is 403 g/mol. The number of nitrogens with two attached hydrogens (primary N) is 1. The number of nitrogens with one attached hydrogen (secondary N) is 1. The van der Waals surface area contributed by atoms with Crippen LogP contribution in [0.4, 0.5) is 5.95 Å². The Labute approximate surface area is 151 Å². The average Bonchev–Trinajstić information content (AvgIpc) is 3.12. The molecule has 0 bridgehead atoms. The Hall–Kier alpha value is -2.12. The van der Waals surface area contributed by atoms with Gasteiger partial charge in [-0.05, 0) is 0 Å². The number of aliphatic hydroxyl groups is 1. The van der Waals surface area contributed by atoms with Crippen LogP contribution < -0.4 is 11.3 Å². The molecule has 1 saturated heterocycles. The molecule has 0 amide bonds. The summed E-state index contributed by atoms with van der Waals surface area (Å²) in [6.45, 7) is 3.01. The van der Waals surface area contributed by atoms with Crippen molar-refractivity contribution in [1.29, 1.82) is 0 Å². The van der Waals surface area contributed by atoms with Crippen molar-refractivity contribution < 1.29 is 33.5 Å².